The Balaban J connectivity index is 0.00000121. The van der Waals surface area contributed by atoms with Gasteiger partial charge >= 0.3 is 0 Å². The van der Waals surface area contributed by atoms with Crippen LogP contribution in [0.5, 0.6) is 0 Å². The van der Waals surface area contributed by atoms with Gasteiger partial charge in [-0.1, -0.05) is 30.3 Å². The standard InChI is InChI=1S/C8H11N3.BrH/c9-8(10)11-6-7-4-2-1-3-5-7;/h1-5H,6H2,(H4,9,10,11);1H. The molecule has 0 saturated carbocycles. The van der Waals surface area contributed by atoms with Gasteiger partial charge in [-0.3, -0.25) is 0 Å². The molecule has 0 radical (unpaired) electrons. The summed E-state index contributed by atoms with van der Waals surface area (Å²) < 4.78 is 0. The van der Waals surface area contributed by atoms with Gasteiger partial charge in [-0.25, -0.2) is 4.99 Å². The summed E-state index contributed by atoms with van der Waals surface area (Å²) in [6, 6.07) is 9.83. The third-order valence-electron chi connectivity index (χ3n) is 1.29. The van der Waals surface area contributed by atoms with Gasteiger partial charge in [0.25, 0.3) is 0 Å². The lowest BCUT2D eigenvalue weighted by Gasteiger charge is -1.94. The van der Waals surface area contributed by atoms with Crippen LogP contribution >= 0.6 is 17.0 Å². The monoisotopic (exact) mass is 229 g/mol. The first-order valence-corrected chi connectivity index (χ1v) is 3.38. The summed E-state index contributed by atoms with van der Waals surface area (Å²) in [5.41, 5.74) is 11.4. The van der Waals surface area contributed by atoms with Crippen LogP contribution in [0.25, 0.3) is 0 Å². The first-order valence-electron chi connectivity index (χ1n) is 3.38. The van der Waals surface area contributed by atoms with Crippen molar-refractivity contribution in [3.05, 3.63) is 35.9 Å². The van der Waals surface area contributed by atoms with E-state index in [-0.39, 0.29) is 22.9 Å². The number of nitrogens with two attached hydrogens (primary N) is 2. The molecule has 4 heteroatoms. The van der Waals surface area contributed by atoms with Crippen LogP contribution in [0.4, 0.5) is 0 Å². The van der Waals surface area contributed by atoms with Crippen molar-refractivity contribution in [2.24, 2.45) is 16.5 Å². The first-order chi connectivity index (χ1) is 5.29. The lowest BCUT2D eigenvalue weighted by molar-refractivity contribution is 1.05. The van der Waals surface area contributed by atoms with Crippen LogP contribution in [0.15, 0.2) is 35.3 Å². The second-order valence-electron chi connectivity index (χ2n) is 2.23. The van der Waals surface area contributed by atoms with Crippen molar-refractivity contribution in [1.82, 2.24) is 0 Å². The number of guanidine groups is 1. The minimum absolute atomic E-state index is 0. The topological polar surface area (TPSA) is 64.4 Å². The molecule has 0 amide bonds. The maximum atomic E-state index is 5.17. The highest BCUT2D eigenvalue weighted by Gasteiger charge is 1.86. The van der Waals surface area contributed by atoms with Crippen molar-refractivity contribution in [2.75, 3.05) is 0 Å². The molecule has 3 nitrogen and oxygen atoms in total. The lowest BCUT2D eigenvalue weighted by Crippen LogP contribution is -2.22. The number of benzene rings is 1. The van der Waals surface area contributed by atoms with Gasteiger partial charge in [0.15, 0.2) is 5.96 Å². The Morgan fingerprint density at radius 1 is 1.17 bits per heavy atom. The number of hydrogen-bond donors (Lipinski definition) is 2. The summed E-state index contributed by atoms with van der Waals surface area (Å²) in [6.45, 7) is 0.559. The summed E-state index contributed by atoms with van der Waals surface area (Å²) in [5, 5.41) is 0. The minimum atomic E-state index is 0. The molecule has 1 aromatic rings. The van der Waals surface area contributed by atoms with E-state index in [0.29, 0.717) is 6.54 Å². The molecule has 0 aliphatic rings. The molecule has 0 bridgehead atoms. The van der Waals surface area contributed by atoms with Crippen LogP contribution in [0.3, 0.4) is 0 Å². The van der Waals surface area contributed by atoms with Gasteiger partial charge in [0.2, 0.25) is 0 Å². The molecule has 0 saturated heterocycles. The molecule has 1 rings (SSSR count). The smallest absolute Gasteiger partial charge is 0.186 e. The molecule has 0 aliphatic carbocycles. The van der Waals surface area contributed by atoms with Crippen molar-refractivity contribution in [3.63, 3.8) is 0 Å². The summed E-state index contributed by atoms with van der Waals surface area (Å²) in [4.78, 5) is 3.87. The average Bonchev–Trinajstić information content (AvgIpc) is 2.03. The van der Waals surface area contributed by atoms with Gasteiger partial charge in [0.1, 0.15) is 0 Å². The fourth-order valence-corrected chi connectivity index (χ4v) is 0.766. The van der Waals surface area contributed by atoms with Crippen LogP contribution < -0.4 is 11.5 Å². The third kappa shape index (κ3) is 3.98. The number of nitrogens with zero attached hydrogens (tertiary/aromatic N) is 1. The van der Waals surface area contributed by atoms with Crippen molar-refractivity contribution < 1.29 is 0 Å². The third-order valence-corrected chi connectivity index (χ3v) is 1.29. The van der Waals surface area contributed by atoms with E-state index >= 15 is 0 Å². The van der Waals surface area contributed by atoms with Crippen molar-refractivity contribution >= 4 is 22.9 Å². The molecule has 12 heavy (non-hydrogen) atoms. The summed E-state index contributed by atoms with van der Waals surface area (Å²) in [5.74, 6) is 0.133. The van der Waals surface area contributed by atoms with Crippen LogP contribution in [0.1, 0.15) is 5.56 Å². The van der Waals surface area contributed by atoms with E-state index in [1.54, 1.807) is 0 Å². The molecule has 0 fully saturated rings. The van der Waals surface area contributed by atoms with E-state index in [9.17, 15) is 0 Å². The highest BCUT2D eigenvalue weighted by Crippen LogP contribution is 1.98. The predicted octanol–water partition coefficient (Wildman–Crippen LogP) is 1.04. The zero-order valence-corrected chi connectivity index (χ0v) is 8.32. The summed E-state index contributed by atoms with van der Waals surface area (Å²) >= 11 is 0. The van der Waals surface area contributed by atoms with E-state index in [4.69, 9.17) is 11.5 Å². The molecule has 0 atom stereocenters. The maximum Gasteiger partial charge on any atom is 0.186 e. The fourth-order valence-electron chi connectivity index (χ4n) is 0.766. The van der Waals surface area contributed by atoms with Gasteiger partial charge in [0, 0.05) is 0 Å². The van der Waals surface area contributed by atoms with E-state index in [1.165, 1.54) is 0 Å². The summed E-state index contributed by atoms with van der Waals surface area (Å²) in [7, 11) is 0. The van der Waals surface area contributed by atoms with E-state index in [1.807, 2.05) is 30.3 Å². The molecular formula is C8H12BrN3. The fraction of sp³-hybridized carbons (Fsp3) is 0.125. The molecule has 0 spiro atoms. The lowest BCUT2D eigenvalue weighted by atomic mass is 10.2. The Labute approximate surface area is 82.2 Å². The van der Waals surface area contributed by atoms with Gasteiger partial charge in [-0.15, -0.1) is 17.0 Å². The normalized spacial score (nSPS) is 8.33. The van der Waals surface area contributed by atoms with Gasteiger partial charge in [-0.2, -0.15) is 0 Å². The average molecular weight is 230 g/mol. The second-order valence-corrected chi connectivity index (χ2v) is 2.23. The Morgan fingerprint density at radius 2 is 1.75 bits per heavy atom. The van der Waals surface area contributed by atoms with E-state index in [2.05, 4.69) is 4.99 Å². The van der Waals surface area contributed by atoms with Gasteiger partial charge in [-0.05, 0) is 5.56 Å². The quantitative estimate of drug-likeness (QED) is 0.588. The number of hydrogen-bond acceptors (Lipinski definition) is 1. The van der Waals surface area contributed by atoms with Crippen molar-refractivity contribution in [2.45, 2.75) is 6.54 Å². The van der Waals surface area contributed by atoms with Crippen LogP contribution in [-0.2, 0) is 6.54 Å². The number of rotatable bonds is 2. The first kappa shape index (κ1) is 11.0. The second kappa shape index (κ2) is 5.60. The van der Waals surface area contributed by atoms with E-state index in [0.717, 1.165) is 5.56 Å². The largest absolute Gasteiger partial charge is 0.370 e. The number of halogens is 1. The van der Waals surface area contributed by atoms with Gasteiger partial charge < -0.3 is 11.5 Å². The molecule has 0 aliphatic heterocycles. The van der Waals surface area contributed by atoms with Gasteiger partial charge in [0.05, 0.1) is 6.54 Å². The number of aliphatic imine (C=N–C) groups is 1. The Morgan fingerprint density at radius 3 is 2.25 bits per heavy atom. The predicted molar refractivity (Wildman–Crippen MR) is 56.3 cm³/mol. The molecule has 66 valence electrons. The SMILES string of the molecule is Br.NC(N)=NCc1ccccc1. The zero-order chi connectivity index (χ0) is 8.10. The Hall–Kier alpha value is -1.03. The Bertz CT molecular complexity index is 242. The highest BCUT2D eigenvalue weighted by atomic mass is 79.9. The molecule has 1 aromatic carbocycles. The molecular weight excluding hydrogens is 218 g/mol. The molecule has 0 heterocycles. The summed E-state index contributed by atoms with van der Waals surface area (Å²) in [6.07, 6.45) is 0. The van der Waals surface area contributed by atoms with E-state index < -0.39 is 0 Å². The highest BCUT2D eigenvalue weighted by molar-refractivity contribution is 8.93. The van der Waals surface area contributed by atoms with Crippen LogP contribution in [0.2, 0.25) is 0 Å². The maximum absolute atomic E-state index is 5.17. The Kier molecular flexibility index (Phi) is 5.12. The zero-order valence-electron chi connectivity index (χ0n) is 6.60. The van der Waals surface area contributed by atoms with Crippen LogP contribution in [0, 0.1) is 0 Å². The van der Waals surface area contributed by atoms with Crippen molar-refractivity contribution in [3.8, 4) is 0 Å². The van der Waals surface area contributed by atoms with Crippen LogP contribution in [-0.4, -0.2) is 5.96 Å². The molecule has 0 aromatic heterocycles. The molecule has 0 unspecified atom stereocenters. The minimum Gasteiger partial charge on any atom is -0.370 e. The van der Waals surface area contributed by atoms with Crippen molar-refractivity contribution in [1.29, 1.82) is 0 Å². The molecule has 4 N–H and O–H groups in total.